The van der Waals surface area contributed by atoms with E-state index in [1.807, 2.05) is 37.3 Å². The summed E-state index contributed by atoms with van der Waals surface area (Å²) < 4.78 is 21.7. The molecule has 0 radical (unpaired) electrons. The van der Waals surface area contributed by atoms with Crippen molar-refractivity contribution in [2.75, 3.05) is 33.0 Å². The second-order valence-electron chi connectivity index (χ2n) is 4.87. The van der Waals surface area contributed by atoms with E-state index in [0.29, 0.717) is 13.2 Å². The molecule has 1 unspecified atom stereocenters. The first-order valence-corrected chi connectivity index (χ1v) is 7.92. The lowest BCUT2D eigenvalue weighted by Gasteiger charge is -2.18. The van der Waals surface area contributed by atoms with Crippen molar-refractivity contribution in [3.8, 4) is 5.75 Å². The summed E-state index contributed by atoms with van der Waals surface area (Å²) in [6.45, 7) is 7.98. The van der Waals surface area contributed by atoms with Crippen LogP contribution in [0.4, 0.5) is 0 Å². The van der Waals surface area contributed by atoms with E-state index in [2.05, 4.69) is 6.58 Å². The summed E-state index contributed by atoms with van der Waals surface area (Å²) >= 11 is 0. The number of hydrogen-bond acceptors (Lipinski definition) is 5. The van der Waals surface area contributed by atoms with E-state index in [4.69, 9.17) is 18.9 Å². The maximum atomic E-state index is 11.4. The van der Waals surface area contributed by atoms with Gasteiger partial charge in [0, 0.05) is 25.9 Å². The fraction of sp³-hybridized carbons (Fsp3) is 0.500. The van der Waals surface area contributed by atoms with E-state index >= 15 is 0 Å². The lowest BCUT2D eigenvalue weighted by molar-refractivity contribution is -0.148. The lowest BCUT2D eigenvalue weighted by atomic mass is 10.3. The second-order valence-corrected chi connectivity index (χ2v) is 4.87. The number of para-hydroxylation sites is 1. The smallest absolute Gasteiger partial charge is 0.330 e. The molecule has 0 aromatic heterocycles. The molecule has 0 aliphatic heterocycles. The Balaban J connectivity index is 2.28. The zero-order valence-electron chi connectivity index (χ0n) is 13.7. The van der Waals surface area contributed by atoms with E-state index in [1.165, 1.54) is 0 Å². The van der Waals surface area contributed by atoms with Gasteiger partial charge in [-0.05, 0) is 31.9 Å². The molecule has 128 valence electrons. The molecule has 5 nitrogen and oxygen atoms in total. The summed E-state index contributed by atoms with van der Waals surface area (Å²) in [4.78, 5) is 11.4. The second kappa shape index (κ2) is 12.7. The van der Waals surface area contributed by atoms with Gasteiger partial charge in [0.05, 0.1) is 6.61 Å². The number of hydrogen-bond donors (Lipinski definition) is 0. The minimum absolute atomic E-state index is 0.239. The number of carbonyl (C=O) groups excluding carboxylic acids is 1. The number of carbonyl (C=O) groups is 1. The Labute approximate surface area is 138 Å². The average Bonchev–Trinajstić information content (AvgIpc) is 2.59. The van der Waals surface area contributed by atoms with Gasteiger partial charge in [-0.2, -0.15) is 0 Å². The Morgan fingerprint density at radius 1 is 1.13 bits per heavy atom. The zero-order chi connectivity index (χ0) is 16.8. The standard InChI is InChI=1S/C18H26O5/c1-3-18(19)23-17(14-21-13-9-8-12-20-4-2)15-22-16-10-6-5-7-11-16/h3,5-7,10-11,17H,1,4,8-9,12-15H2,2H3. The zero-order valence-corrected chi connectivity index (χ0v) is 13.7. The fourth-order valence-electron chi connectivity index (χ4n) is 1.80. The van der Waals surface area contributed by atoms with Crippen molar-refractivity contribution in [3.63, 3.8) is 0 Å². The molecule has 0 aliphatic rings. The van der Waals surface area contributed by atoms with Gasteiger partial charge in [0.15, 0.2) is 6.10 Å². The summed E-state index contributed by atoms with van der Waals surface area (Å²) in [6, 6.07) is 9.37. The highest BCUT2D eigenvalue weighted by Gasteiger charge is 2.14. The van der Waals surface area contributed by atoms with Gasteiger partial charge in [-0.25, -0.2) is 4.79 Å². The van der Waals surface area contributed by atoms with Crippen LogP contribution in [0, 0.1) is 0 Å². The minimum atomic E-state index is -0.480. The van der Waals surface area contributed by atoms with Crippen molar-refractivity contribution in [3.05, 3.63) is 43.0 Å². The first kappa shape index (κ1) is 19.2. The molecule has 0 saturated carbocycles. The van der Waals surface area contributed by atoms with E-state index in [9.17, 15) is 4.79 Å². The summed E-state index contributed by atoms with van der Waals surface area (Å²) in [5.41, 5.74) is 0. The van der Waals surface area contributed by atoms with Crippen LogP contribution in [0.5, 0.6) is 5.75 Å². The van der Waals surface area contributed by atoms with Gasteiger partial charge in [-0.3, -0.25) is 0 Å². The molecule has 0 amide bonds. The highest BCUT2D eigenvalue weighted by Crippen LogP contribution is 2.09. The van der Waals surface area contributed by atoms with Crippen LogP contribution in [-0.2, 0) is 19.0 Å². The molecule has 0 aliphatic carbocycles. The maximum Gasteiger partial charge on any atom is 0.330 e. The average molecular weight is 322 g/mol. The largest absolute Gasteiger partial charge is 0.490 e. The van der Waals surface area contributed by atoms with E-state index in [0.717, 1.165) is 37.9 Å². The van der Waals surface area contributed by atoms with E-state index in [-0.39, 0.29) is 6.61 Å². The van der Waals surface area contributed by atoms with Crippen LogP contribution in [0.2, 0.25) is 0 Å². The van der Waals surface area contributed by atoms with E-state index in [1.54, 1.807) is 0 Å². The Hall–Kier alpha value is -1.85. The quantitative estimate of drug-likeness (QED) is 0.317. The van der Waals surface area contributed by atoms with Crippen molar-refractivity contribution in [1.82, 2.24) is 0 Å². The molecule has 0 heterocycles. The molecule has 0 saturated heterocycles. The van der Waals surface area contributed by atoms with Crippen LogP contribution in [0.3, 0.4) is 0 Å². The molecule has 1 rings (SSSR count). The molecular weight excluding hydrogens is 296 g/mol. The highest BCUT2D eigenvalue weighted by atomic mass is 16.6. The van der Waals surface area contributed by atoms with Gasteiger partial charge in [0.2, 0.25) is 0 Å². The van der Waals surface area contributed by atoms with Crippen LogP contribution >= 0.6 is 0 Å². The number of benzene rings is 1. The SMILES string of the molecule is C=CC(=O)OC(COCCCCOCC)COc1ccccc1. The van der Waals surface area contributed by atoms with Crippen molar-refractivity contribution in [2.24, 2.45) is 0 Å². The van der Waals surface area contributed by atoms with Crippen LogP contribution < -0.4 is 4.74 Å². The van der Waals surface area contributed by atoms with E-state index < -0.39 is 12.1 Å². The van der Waals surface area contributed by atoms with Crippen molar-refractivity contribution < 1.29 is 23.7 Å². The van der Waals surface area contributed by atoms with Gasteiger partial charge < -0.3 is 18.9 Å². The Bertz CT molecular complexity index is 432. The summed E-state index contributed by atoms with van der Waals surface area (Å²) in [5, 5.41) is 0. The molecular formula is C18H26O5. The van der Waals surface area contributed by atoms with Gasteiger partial charge in [-0.15, -0.1) is 0 Å². The minimum Gasteiger partial charge on any atom is -0.490 e. The predicted octanol–water partition coefficient (Wildman–Crippen LogP) is 3.00. The molecule has 0 bridgehead atoms. The lowest BCUT2D eigenvalue weighted by Crippen LogP contribution is -2.29. The van der Waals surface area contributed by atoms with Gasteiger partial charge in [-0.1, -0.05) is 24.8 Å². The third kappa shape index (κ3) is 9.71. The van der Waals surface area contributed by atoms with Gasteiger partial charge >= 0.3 is 5.97 Å². The van der Waals surface area contributed by atoms with Crippen molar-refractivity contribution in [2.45, 2.75) is 25.9 Å². The van der Waals surface area contributed by atoms with Crippen LogP contribution in [0.25, 0.3) is 0 Å². The monoisotopic (exact) mass is 322 g/mol. The Morgan fingerprint density at radius 3 is 2.48 bits per heavy atom. The number of unbranched alkanes of at least 4 members (excludes halogenated alkanes) is 1. The maximum absolute atomic E-state index is 11.4. The fourth-order valence-corrected chi connectivity index (χ4v) is 1.80. The first-order chi connectivity index (χ1) is 11.3. The predicted molar refractivity (Wildman–Crippen MR) is 88.6 cm³/mol. The third-order valence-electron chi connectivity index (χ3n) is 2.96. The summed E-state index contributed by atoms with van der Waals surface area (Å²) in [7, 11) is 0. The molecule has 1 aromatic carbocycles. The summed E-state index contributed by atoms with van der Waals surface area (Å²) in [6.07, 6.45) is 2.53. The number of rotatable bonds is 13. The molecule has 0 fully saturated rings. The molecule has 1 atom stereocenters. The van der Waals surface area contributed by atoms with Crippen LogP contribution in [0.15, 0.2) is 43.0 Å². The molecule has 23 heavy (non-hydrogen) atoms. The number of ether oxygens (including phenoxy) is 4. The first-order valence-electron chi connectivity index (χ1n) is 7.92. The molecule has 0 N–H and O–H groups in total. The van der Waals surface area contributed by atoms with Gasteiger partial charge in [0.25, 0.3) is 0 Å². The normalized spacial score (nSPS) is 11.7. The van der Waals surface area contributed by atoms with Gasteiger partial charge in [0.1, 0.15) is 12.4 Å². The Kier molecular flexibility index (Phi) is 10.6. The number of esters is 1. The van der Waals surface area contributed by atoms with Crippen molar-refractivity contribution >= 4 is 5.97 Å². The van der Waals surface area contributed by atoms with Crippen molar-refractivity contribution in [1.29, 1.82) is 0 Å². The summed E-state index contributed by atoms with van der Waals surface area (Å²) in [5.74, 6) is 0.246. The van der Waals surface area contributed by atoms with Crippen LogP contribution in [-0.4, -0.2) is 45.1 Å². The molecule has 5 heteroatoms. The molecule has 1 aromatic rings. The highest BCUT2D eigenvalue weighted by molar-refractivity contribution is 5.81. The topological polar surface area (TPSA) is 54.0 Å². The Morgan fingerprint density at radius 2 is 1.83 bits per heavy atom. The third-order valence-corrected chi connectivity index (χ3v) is 2.96. The van der Waals surface area contributed by atoms with Crippen LogP contribution in [0.1, 0.15) is 19.8 Å². The molecule has 0 spiro atoms.